The highest BCUT2D eigenvalue weighted by Crippen LogP contribution is 2.45. The topological polar surface area (TPSA) is 83.4 Å². The number of hydrogen-bond donors (Lipinski definition) is 2. The van der Waals surface area contributed by atoms with Crippen molar-refractivity contribution >= 4 is 35.0 Å². The zero-order chi connectivity index (χ0) is 26.1. The smallest absolute Gasteiger partial charge is 0.252 e. The molecule has 0 fully saturated rings. The molecule has 1 amide bonds. The summed E-state index contributed by atoms with van der Waals surface area (Å²) in [6.07, 6.45) is 2.50. The minimum absolute atomic E-state index is 0.0694. The predicted molar refractivity (Wildman–Crippen MR) is 144 cm³/mol. The monoisotopic (exact) mass is 533 g/mol. The first-order valence-corrected chi connectivity index (χ1v) is 12.7. The Labute approximate surface area is 222 Å². The summed E-state index contributed by atoms with van der Waals surface area (Å²) in [5.41, 5.74) is 0.0307. The molecule has 2 aromatic carbocycles. The summed E-state index contributed by atoms with van der Waals surface area (Å²) >= 11 is 12.7. The minimum Gasteiger partial charge on any atom is -0.494 e. The molecular formula is C27H33Cl2N3O4. The summed E-state index contributed by atoms with van der Waals surface area (Å²) in [6, 6.07) is 12.4. The number of aliphatic hydroxyl groups excluding tert-OH is 1. The molecule has 7 nitrogen and oxygen atoms in total. The van der Waals surface area contributed by atoms with Crippen LogP contribution in [0.15, 0.2) is 60.1 Å². The van der Waals surface area contributed by atoms with Gasteiger partial charge in [-0.3, -0.25) is 4.79 Å². The maximum absolute atomic E-state index is 13.7. The van der Waals surface area contributed by atoms with Crippen molar-refractivity contribution in [3.05, 3.63) is 76.3 Å². The van der Waals surface area contributed by atoms with Crippen LogP contribution >= 0.6 is 23.2 Å². The number of carbonyl (C=O) groups is 1. The first-order valence-electron chi connectivity index (χ1n) is 11.9. The molecule has 0 radical (unpaired) electrons. The number of ether oxygens (including phenoxy) is 2. The molecule has 3 rings (SSSR count). The maximum Gasteiger partial charge on any atom is 0.252 e. The number of amides is 1. The number of hydrogen-bond acceptors (Lipinski definition) is 6. The molecule has 2 aromatic rings. The van der Waals surface area contributed by atoms with E-state index in [2.05, 4.69) is 16.8 Å². The highest BCUT2D eigenvalue weighted by molar-refractivity contribution is 6.35. The van der Waals surface area contributed by atoms with Gasteiger partial charge in [-0.15, -0.1) is 6.58 Å². The third-order valence-electron chi connectivity index (χ3n) is 5.80. The number of nitrogens with one attached hydrogen (secondary N) is 1. The van der Waals surface area contributed by atoms with Crippen molar-refractivity contribution in [2.45, 2.75) is 30.9 Å². The summed E-state index contributed by atoms with van der Waals surface area (Å²) < 4.78 is 12.0. The Balaban J connectivity index is 1.95. The van der Waals surface area contributed by atoms with Crippen molar-refractivity contribution in [2.24, 2.45) is 4.99 Å². The highest BCUT2D eigenvalue weighted by Gasteiger charge is 2.53. The van der Waals surface area contributed by atoms with Gasteiger partial charge < -0.3 is 24.8 Å². The average Bonchev–Trinajstić information content (AvgIpc) is 3.22. The number of aliphatic imine (C=N–C) groups is 1. The number of aliphatic hydroxyl groups is 1. The van der Waals surface area contributed by atoms with Crippen LogP contribution in [0.4, 0.5) is 0 Å². The lowest BCUT2D eigenvalue weighted by Crippen LogP contribution is -2.48. The van der Waals surface area contributed by atoms with Crippen LogP contribution in [0.25, 0.3) is 0 Å². The Morgan fingerprint density at radius 3 is 2.64 bits per heavy atom. The molecule has 1 aliphatic heterocycles. The molecule has 0 saturated carbocycles. The lowest BCUT2D eigenvalue weighted by molar-refractivity contribution is -0.128. The number of carbonyl (C=O) groups excluding carboxylic acids is 1. The number of nitrogens with zero attached hydrogens (tertiary/aromatic N) is 2. The van der Waals surface area contributed by atoms with Gasteiger partial charge in [-0.25, -0.2) is 4.99 Å². The van der Waals surface area contributed by atoms with Crippen molar-refractivity contribution in [1.82, 2.24) is 10.2 Å². The molecule has 9 heteroatoms. The van der Waals surface area contributed by atoms with Gasteiger partial charge in [-0.2, -0.15) is 0 Å². The minimum atomic E-state index is -1.29. The van der Waals surface area contributed by atoms with Crippen molar-refractivity contribution < 1.29 is 19.4 Å². The molecule has 1 heterocycles. The molecule has 194 valence electrons. The summed E-state index contributed by atoms with van der Waals surface area (Å²) in [5.74, 6) is 0.744. The second-order valence-corrected chi connectivity index (χ2v) is 9.70. The first-order chi connectivity index (χ1) is 17.3. The van der Waals surface area contributed by atoms with E-state index in [1.165, 1.54) is 0 Å². The number of benzene rings is 2. The summed E-state index contributed by atoms with van der Waals surface area (Å²) in [7, 11) is 3.98. The maximum atomic E-state index is 13.7. The van der Waals surface area contributed by atoms with Crippen molar-refractivity contribution in [2.75, 3.05) is 40.4 Å². The molecule has 0 aromatic heterocycles. The summed E-state index contributed by atoms with van der Waals surface area (Å²) in [6.45, 7) is 5.72. The normalized spacial score (nSPS) is 19.1. The Kier molecular flexibility index (Phi) is 10.2. The molecular weight excluding hydrogens is 501 g/mol. The van der Waals surface area contributed by atoms with Crippen LogP contribution < -0.4 is 10.1 Å². The van der Waals surface area contributed by atoms with Gasteiger partial charge >= 0.3 is 0 Å². The van der Waals surface area contributed by atoms with Crippen LogP contribution in [0.3, 0.4) is 0 Å². The first kappa shape index (κ1) is 28.0. The van der Waals surface area contributed by atoms with E-state index in [1.807, 2.05) is 26.2 Å². The lowest BCUT2D eigenvalue weighted by atomic mass is 9.84. The van der Waals surface area contributed by atoms with Crippen molar-refractivity contribution in [3.8, 4) is 5.75 Å². The third kappa shape index (κ3) is 6.79. The van der Waals surface area contributed by atoms with Gasteiger partial charge in [-0.05, 0) is 63.5 Å². The van der Waals surface area contributed by atoms with Crippen LogP contribution in [0.5, 0.6) is 5.75 Å². The zero-order valence-corrected chi connectivity index (χ0v) is 22.2. The molecule has 2 N–H and O–H groups in total. The van der Waals surface area contributed by atoms with Gasteiger partial charge in [0.25, 0.3) is 5.91 Å². The van der Waals surface area contributed by atoms with Gasteiger partial charge in [0.15, 0.2) is 11.6 Å². The van der Waals surface area contributed by atoms with Crippen LogP contribution in [-0.4, -0.2) is 67.7 Å². The summed E-state index contributed by atoms with van der Waals surface area (Å²) in [5, 5.41) is 12.9. The molecule has 0 bridgehead atoms. The SMILES string of the molecule is C=CC[C@@]1(C(=O)NCCCN(C)C)N=C(c2ccc(OCCCO)cc2)O[C@@H]1c1ccc(Cl)cc1Cl. The molecule has 36 heavy (non-hydrogen) atoms. The Morgan fingerprint density at radius 2 is 2.00 bits per heavy atom. The largest absolute Gasteiger partial charge is 0.494 e. The molecule has 1 aliphatic rings. The van der Waals surface area contributed by atoms with Crippen LogP contribution in [-0.2, 0) is 9.53 Å². The molecule has 0 spiro atoms. The lowest BCUT2D eigenvalue weighted by Gasteiger charge is -2.30. The van der Waals surface area contributed by atoms with E-state index in [0.717, 1.165) is 13.0 Å². The Morgan fingerprint density at radius 1 is 1.25 bits per heavy atom. The van der Waals surface area contributed by atoms with Crippen LogP contribution in [0.2, 0.25) is 10.0 Å². The van der Waals surface area contributed by atoms with Crippen molar-refractivity contribution in [1.29, 1.82) is 0 Å². The molecule has 2 atom stereocenters. The van der Waals surface area contributed by atoms with Gasteiger partial charge in [0.2, 0.25) is 5.90 Å². The fourth-order valence-corrected chi connectivity index (χ4v) is 4.48. The Bertz CT molecular complexity index is 1080. The predicted octanol–water partition coefficient (Wildman–Crippen LogP) is 4.66. The van der Waals surface area contributed by atoms with Crippen LogP contribution in [0.1, 0.15) is 36.5 Å². The standard InChI is InChI=1S/C27H33Cl2N3O4/c1-4-13-27(26(34)30-14-5-15-32(2)3)24(22-12-9-20(28)18-23(22)29)36-25(31-27)19-7-10-21(11-8-19)35-17-6-16-33/h4,7-12,18,24,33H,1,5-6,13-17H2,2-3H3,(H,30,34)/t24-,27-/m1/s1. The van der Waals surface area contributed by atoms with Gasteiger partial charge in [-0.1, -0.05) is 35.3 Å². The highest BCUT2D eigenvalue weighted by atomic mass is 35.5. The van der Waals surface area contributed by atoms with E-state index in [1.54, 1.807) is 36.4 Å². The molecule has 0 unspecified atom stereocenters. The van der Waals surface area contributed by atoms with Gasteiger partial charge in [0, 0.05) is 47.2 Å². The average molecular weight is 534 g/mol. The fourth-order valence-electron chi connectivity index (χ4n) is 3.98. The number of rotatable bonds is 13. The third-order valence-corrected chi connectivity index (χ3v) is 6.36. The molecule has 0 aliphatic carbocycles. The number of halogens is 2. The van der Waals surface area contributed by atoms with E-state index in [4.69, 9.17) is 42.8 Å². The molecule has 0 saturated heterocycles. The second kappa shape index (κ2) is 13.1. The van der Waals surface area contributed by atoms with E-state index in [9.17, 15) is 4.79 Å². The van der Waals surface area contributed by atoms with Gasteiger partial charge in [0.05, 0.1) is 6.61 Å². The zero-order valence-electron chi connectivity index (χ0n) is 20.7. The van der Waals surface area contributed by atoms with Gasteiger partial charge in [0.1, 0.15) is 5.75 Å². The second-order valence-electron chi connectivity index (χ2n) is 8.86. The Hall–Kier alpha value is -2.58. The van der Waals surface area contributed by atoms with Crippen LogP contribution in [0, 0.1) is 0 Å². The van der Waals surface area contributed by atoms with Crippen molar-refractivity contribution in [3.63, 3.8) is 0 Å². The summed E-state index contributed by atoms with van der Waals surface area (Å²) in [4.78, 5) is 20.6. The van der Waals surface area contributed by atoms with E-state index >= 15 is 0 Å². The fraction of sp³-hybridized carbons (Fsp3) is 0.407. The quantitative estimate of drug-likeness (QED) is 0.289. The van der Waals surface area contributed by atoms with E-state index in [0.29, 0.717) is 52.4 Å². The van der Waals surface area contributed by atoms with E-state index in [-0.39, 0.29) is 18.9 Å². The van der Waals surface area contributed by atoms with E-state index < -0.39 is 11.6 Å².